The van der Waals surface area contributed by atoms with Crippen molar-refractivity contribution in [3.8, 4) is 11.3 Å². The molecule has 10 heteroatoms. The molecule has 0 aliphatic carbocycles. The summed E-state index contributed by atoms with van der Waals surface area (Å²) in [7, 11) is 3.99. The van der Waals surface area contributed by atoms with Gasteiger partial charge in [0.1, 0.15) is 12.1 Å². The van der Waals surface area contributed by atoms with Gasteiger partial charge >= 0.3 is 0 Å². The highest BCUT2D eigenvalue weighted by atomic mass is 16.2. The second kappa shape index (κ2) is 13.2. The first-order chi connectivity index (χ1) is 20.4. The van der Waals surface area contributed by atoms with Gasteiger partial charge in [-0.3, -0.25) is 9.78 Å². The molecule has 42 heavy (non-hydrogen) atoms. The minimum Gasteiger partial charge on any atom is -0.370 e. The highest BCUT2D eigenvalue weighted by Crippen LogP contribution is 2.31. The summed E-state index contributed by atoms with van der Waals surface area (Å²) >= 11 is 0. The monoisotopic (exact) mass is 567 g/mol. The van der Waals surface area contributed by atoms with Crippen LogP contribution in [0.15, 0.2) is 55.2 Å². The van der Waals surface area contributed by atoms with E-state index in [0.717, 1.165) is 61.6 Å². The number of para-hydroxylation sites is 1. The van der Waals surface area contributed by atoms with Gasteiger partial charge in [-0.2, -0.15) is 0 Å². The van der Waals surface area contributed by atoms with E-state index in [0.29, 0.717) is 23.8 Å². The van der Waals surface area contributed by atoms with Crippen LogP contribution >= 0.6 is 0 Å². The number of hydrogen-bond donors (Lipinski definition) is 2. The lowest BCUT2D eigenvalue weighted by atomic mass is 9.87. The minimum atomic E-state index is 0.139. The van der Waals surface area contributed by atoms with Crippen LogP contribution in [0.2, 0.25) is 0 Å². The van der Waals surface area contributed by atoms with Gasteiger partial charge in [0.05, 0.1) is 11.2 Å². The molecular weight excluding hydrogens is 526 g/mol. The third kappa shape index (κ3) is 6.49. The number of rotatable bonds is 10. The van der Waals surface area contributed by atoms with Gasteiger partial charge in [-0.1, -0.05) is 32.0 Å². The lowest BCUT2D eigenvalue weighted by Crippen LogP contribution is -2.45. The summed E-state index contributed by atoms with van der Waals surface area (Å²) in [6.07, 6.45) is 8.93. The number of likely N-dealkylation sites (tertiary alicyclic amines) is 1. The molecule has 0 spiro atoms. The summed E-state index contributed by atoms with van der Waals surface area (Å²) < 4.78 is 0. The van der Waals surface area contributed by atoms with Gasteiger partial charge in [-0.25, -0.2) is 19.9 Å². The van der Waals surface area contributed by atoms with Crippen molar-refractivity contribution in [2.24, 2.45) is 5.92 Å². The first-order valence-electron chi connectivity index (χ1n) is 14.7. The van der Waals surface area contributed by atoms with Gasteiger partial charge in [0.25, 0.3) is 0 Å². The number of amides is 1. The Morgan fingerprint density at radius 2 is 1.83 bits per heavy atom. The molecule has 1 fully saturated rings. The molecule has 1 aliphatic heterocycles. The number of hydrogen-bond acceptors (Lipinski definition) is 9. The first-order valence-corrected chi connectivity index (χ1v) is 14.7. The summed E-state index contributed by atoms with van der Waals surface area (Å²) in [5, 5.41) is 7.97. The molecule has 0 saturated carbocycles. The number of anilines is 2. The van der Waals surface area contributed by atoms with Crippen molar-refractivity contribution >= 4 is 28.6 Å². The molecule has 0 bridgehead atoms. The second-order valence-electron chi connectivity index (χ2n) is 11.3. The van der Waals surface area contributed by atoms with E-state index in [9.17, 15) is 4.79 Å². The fourth-order valence-corrected chi connectivity index (χ4v) is 5.70. The number of benzene rings is 1. The van der Waals surface area contributed by atoms with E-state index in [1.165, 1.54) is 16.5 Å². The highest BCUT2D eigenvalue weighted by molar-refractivity contribution is 5.85. The lowest BCUT2D eigenvalue weighted by molar-refractivity contribution is -0.129. The number of aromatic nitrogens is 5. The molecule has 1 aromatic carbocycles. The zero-order valence-electron chi connectivity index (χ0n) is 25.2. The summed E-state index contributed by atoms with van der Waals surface area (Å²) in [6.45, 7) is 9.26. The number of nitrogens with zero attached hydrogens (tertiary/aromatic N) is 7. The largest absolute Gasteiger partial charge is 0.370 e. The Bertz CT molecular complexity index is 1500. The van der Waals surface area contributed by atoms with E-state index in [4.69, 9.17) is 4.98 Å². The summed E-state index contributed by atoms with van der Waals surface area (Å²) in [5.74, 6) is 2.22. The average Bonchev–Trinajstić information content (AvgIpc) is 3.03. The molecule has 1 amide bonds. The third-order valence-electron chi connectivity index (χ3n) is 8.58. The maximum Gasteiger partial charge on any atom is 0.225 e. The van der Waals surface area contributed by atoms with Crippen molar-refractivity contribution in [1.82, 2.24) is 35.1 Å². The van der Waals surface area contributed by atoms with Crippen molar-refractivity contribution < 1.29 is 4.79 Å². The van der Waals surface area contributed by atoms with Gasteiger partial charge in [0.2, 0.25) is 11.9 Å². The molecule has 2 unspecified atom stereocenters. The lowest BCUT2D eigenvalue weighted by Gasteiger charge is -2.36. The molecule has 5 rings (SSSR count). The van der Waals surface area contributed by atoms with E-state index in [1.807, 2.05) is 43.7 Å². The van der Waals surface area contributed by atoms with Gasteiger partial charge < -0.3 is 20.4 Å². The number of fused-ring (bicyclic) bond motifs is 1. The Kier molecular flexibility index (Phi) is 9.22. The number of carbonyl (C=O) groups excluding carboxylic acids is 1. The highest BCUT2D eigenvalue weighted by Gasteiger charge is 2.25. The topological polar surface area (TPSA) is 112 Å². The SMILES string of the molecule is CNCc1ccnc2c(C(C)C(C)CNc3cc(-c4cnc(N(C)C5CCN(C(C)=O)CC5)nc4)ncn3)cccc12. The number of carbonyl (C=O) groups is 1. The molecule has 2 atom stereocenters. The van der Waals surface area contributed by atoms with Crippen LogP contribution in [0.5, 0.6) is 0 Å². The van der Waals surface area contributed by atoms with Gasteiger partial charge in [-0.15, -0.1) is 0 Å². The Balaban J connectivity index is 1.22. The van der Waals surface area contributed by atoms with Crippen LogP contribution in [0.3, 0.4) is 0 Å². The second-order valence-corrected chi connectivity index (χ2v) is 11.3. The zero-order chi connectivity index (χ0) is 29.6. The fourth-order valence-electron chi connectivity index (χ4n) is 5.70. The molecule has 3 aromatic heterocycles. The maximum atomic E-state index is 11.6. The van der Waals surface area contributed by atoms with Crippen LogP contribution in [0, 0.1) is 5.92 Å². The molecule has 1 aliphatic rings. The molecule has 220 valence electrons. The normalized spacial score (nSPS) is 15.4. The van der Waals surface area contributed by atoms with Gasteiger partial charge in [-0.05, 0) is 48.9 Å². The Morgan fingerprint density at radius 1 is 1.07 bits per heavy atom. The molecule has 10 nitrogen and oxygen atoms in total. The van der Waals surface area contributed by atoms with Crippen LogP contribution in [0.4, 0.5) is 11.8 Å². The van der Waals surface area contributed by atoms with Crippen LogP contribution in [0.1, 0.15) is 50.7 Å². The predicted molar refractivity (Wildman–Crippen MR) is 167 cm³/mol. The molecule has 4 aromatic rings. The van der Waals surface area contributed by atoms with Crippen LogP contribution in [-0.4, -0.2) is 75.5 Å². The van der Waals surface area contributed by atoms with Gasteiger partial charge in [0.15, 0.2) is 0 Å². The Hall–Kier alpha value is -4.18. The minimum absolute atomic E-state index is 0.139. The molecule has 0 radical (unpaired) electrons. The number of pyridine rings is 1. The quantitative estimate of drug-likeness (QED) is 0.286. The van der Waals surface area contributed by atoms with Crippen LogP contribution in [0.25, 0.3) is 22.2 Å². The van der Waals surface area contributed by atoms with Crippen molar-refractivity contribution in [1.29, 1.82) is 0 Å². The van der Waals surface area contributed by atoms with Crippen molar-refractivity contribution in [3.63, 3.8) is 0 Å². The standard InChI is InChI=1S/C32H41N9O/c1-21(22(2)27-7-6-8-28-24(17-33-4)9-12-34-31(27)28)16-35-30-15-29(38-20-39-30)25-18-36-32(37-19-25)40(5)26-10-13-41(14-11-26)23(3)42/h6-9,12,15,18-22,26,33H,10-11,13-14,16-17H2,1-5H3,(H,35,38,39). The Labute approximate surface area is 248 Å². The fraction of sp³-hybridized carbons (Fsp3) is 0.438. The van der Waals surface area contributed by atoms with Crippen molar-refractivity contribution in [3.05, 3.63) is 66.4 Å². The van der Waals surface area contributed by atoms with E-state index >= 15 is 0 Å². The first kappa shape index (κ1) is 29.3. The van der Waals surface area contributed by atoms with Crippen LogP contribution in [-0.2, 0) is 11.3 Å². The van der Waals surface area contributed by atoms with E-state index in [2.05, 4.69) is 73.6 Å². The Morgan fingerprint density at radius 3 is 2.55 bits per heavy atom. The number of piperidine rings is 1. The number of nitrogens with one attached hydrogen (secondary N) is 2. The average molecular weight is 568 g/mol. The zero-order valence-corrected chi connectivity index (χ0v) is 25.2. The van der Waals surface area contributed by atoms with E-state index in [1.54, 1.807) is 13.3 Å². The van der Waals surface area contributed by atoms with Crippen LogP contribution < -0.4 is 15.5 Å². The van der Waals surface area contributed by atoms with E-state index in [-0.39, 0.29) is 5.91 Å². The molecule has 4 heterocycles. The van der Waals surface area contributed by atoms with Crippen molar-refractivity contribution in [2.45, 2.75) is 52.1 Å². The summed E-state index contributed by atoms with van der Waals surface area (Å²) in [6, 6.07) is 10.8. The van der Waals surface area contributed by atoms with Crippen molar-refractivity contribution in [2.75, 3.05) is 43.9 Å². The smallest absolute Gasteiger partial charge is 0.225 e. The molecule has 2 N–H and O–H groups in total. The van der Waals surface area contributed by atoms with Gasteiger partial charge in [0, 0.05) is 81.8 Å². The maximum absolute atomic E-state index is 11.6. The van der Waals surface area contributed by atoms with E-state index < -0.39 is 0 Å². The summed E-state index contributed by atoms with van der Waals surface area (Å²) in [4.78, 5) is 38.6. The predicted octanol–water partition coefficient (Wildman–Crippen LogP) is 4.50. The summed E-state index contributed by atoms with van der Waals surface area (Å²) in [5.41, 5.74) is 5.20. The third-order valence-corrected chi connectivity index (χ3v) is 8.58. The molecular formula is C32H41N9O. The molecule has 1 saturated heterocycles.